The summed E-state index contributed by atoms with van der Waals surface area (Å²) in [7, 11) is 0. The summed E-state index contributed by atoms with van der Waals surface area (Å²) >= 11 is 0. The van der Waals surface area contributed by atoms with E-state index in [4.69, 9.17) is 0 Å². The van der Waals surface area contributed by atoms with E-state index in [-0.39, 0.29) is 6.54 Å². The first-order valence-electron chi connectivity index (χ1n) is 9.41. The number of pyridine rings is 1. The van der Waals surface area contributed by atoms with Crippen LogP contribution in [0.5, 0.6) is 0 Å². The fraction of sp³-hybridized carbons (Fsp3) is 0.286. The van der Waals surface area contributed by atoms with Gasteiger partial charge in [0.2, 0.25) is 5.95 Å². The van der Waals surface area contributed by atoms with Crippen LogP contribution < -0.4 is 10.6 Å². The molecule has 5 nitrogen and oxygen atoms in total. The zero-order valence-corrected chi connectivity index (χ0v) is 15.3. The minimum atomic E-state index is -0.600. The predicted molar refractivity (Wildman–Crippen MR) is 105 cm³/mol. The van der Waals surface area contributed by atoms with E-state index in [0.717, 1.165) is 24.6 Å². The zero-order chi connectivity index (χ0) is 19.3. The van der Waals surface area contributed by atoms with Crippen molar-refractivity contribution < 1.29 is 8.78 Å². The number of nitrogens with zero attached hydrogens (tertiary/aromatic N) is 3. The van der Waals surface area contributed by atoms with Gasteiger partial charge in [-0.25, -0.2) is 13.8 Å². The predicted octanol–water partition coefficient (Wildman–Crippen LogP) is 4.78. The van der Waals surface area contributed by atoms with Crippen molar-refractivity contribution in [2.75, 3.05) is 10.6 Å². The Balaban J connectivity index is 1.59. The van der Waals surface area contributed by atoms with Gasteiger partial charge in [0.1, 0.15) is 17.5 Å². The highest BCUT2D eigenvalue weighted by Crippen LogP contribution is 2.24. The lowest BCUT2D eigenvalue weighted by Gasteiger charge is -2.15. The van der Waals surface area contributed by atoms with Crippen LogP contribution in [-0.2, 0) is 6.54 Å². The lowest BCUT2D eigenvalue weighted by Crippen LogP contribution is -2.17. The van der Waals surface area contributed by atoms with Gasteiger partial charge < -0.3 is 10.6 Å². The highest BCUT2D eigenvalue weighted by atomic mass is 19.1. The van der Waals surface area contributed by atoms with Crippen LogP contribution in [0.25, 0.3) is 11.4 Å². The van der Waals surface area contributed by atoms with E-state index in [2.05, 4.69) is 25.6 Å². The Morgan fingerprint density at radius 1 is 0.929 bits per heavy atom. The topological polar surface area (TPSA) is 62.7 Å². The standard InChI is InChI=1S/C21H21F2N5/c22-15-9-14(10-16(23)11-15)13-25-20-12-19(18-7-3-4-8-24-18)27-21(28-20)26-17-5-1-2-6-17/h3-4,7-12,17H,1-2,5-6,13H2,(H2,25,26,27,28). The normalized spacial score (nSPS) is 14.2. The Morgan fingerprint density at radius 2 is 1.71 bits per heavy atom. The van der Waals surface area contributed by atoms with E-state index in [9.17, 15) is 8.78 Å². The van der Waals surface area contributed by atoms with E-state index >= 15 is 0 Å². The molecule has 1 aliphatic rings. The number of anilines is 2. The number of rotatable bonds is 6. The molecule has 0 bridgehead atoms. The molecule has 1 saturated carbocycles. The minimum absolute atomic E-state index is 0.246. The molecule has 0 spiro atoms. The summed E-state index contributed by atoms with van der Waals surface area (Å²) in [5.41, 5.74) is 1.92. The smallest absolute Gasteiger partial charge is 0.225 e. The van der Waals surface area contributed by atoms with Gasteiger partial charge in [-0.2, -0.15) is 4.98 Å². The van der Waals surface area contributed by atoms with Gasteiger partial charge in [-0.15, -0.1) is 0 Å². The van der Waals surface area contributed by atoms with E-state index in [1.165, 1.54) is 25.0 Å². The Bertz CT molecular complexity index is 923. The van der Waals surface area contributed by atoms with E-state index in [1.54, 1.807) is 12.3 Å². The molecule has 1 aromatic carbocycles. The molecule has 28 heavy (non-hydrogen) atoms. The second-order valence-electron chi connectivity index (χ2n) is 6.93. The van der Waals surface area contributed by atoms with Crippen molar-refractivity contribution in [3.8, 4) is 11.4 Å². The molecular weight excluding hydrogens is 360 g/mol. The van der Waals surface area contributed by atoms with Crippen LogP contribution in [0.15, 0.2) is 48.7 Å². The first kappa shape index (κ1) is 18.3. The Hall–Kier alpha value is -3.09. The molecular formula is C21H21F2N5. The molecule has 3 aromatic rings. The lowest BCUT2D eigenvalue weighted by molar-refractivity contribution is 0.580. The highest BCUT2D eigenvalue weighted by Gasteiger charge is 2.17. The second kappa shape index (κ2) is 8.29. The van der Waals surface area contributed by atoms with Crippen LogP contribution in [0.1, 0.15) is 31.2 Å². The quantitative estimate of drug-likeness (QED) is 0.643. The van der Waals surface area contributed by atoms with E-state index in [0.29, 0.717) is 29.1 Å². The molecule has 2 N–H and O–H groups in total. The first-order chi connectivity index (χ1) is 13.7. The van der Waals surface area contributed by atoms with Crippen LogP contribution in [0, 0.1) is 11.6 Å². The van der Waals surface area contributed by atoms with Gasteiger partial charge in [-0.3, -0.25) is 4.98 Å². The Labute approximate surface area is 162 Å². The number of halogens is 2. The van der Waals surface area contributed by atoms with Crippen molar-refractivity contribution in [1.82, 2.24) is 15.0 Å². The van der Waals surface area contributed by atoms with Crippen molar-refractivity contribution in [2.24, 2.45) is 0 Å². The van der Waals surface area contributed by atoms with Crippen LogP contribution in [-0.4, -0.2) is 21.0 Å². The molecule has 1 aliphatic carbocycles. The molecule has 7 heteroatoms. The molecule has 0 amide bonds. The Morgan fingerprint density at radius 3 is 2.43 bits per heavy atom. The molecule has 1 fully saturated rings. The van der Waals surface area contributed by atoms with Gasteiger partial charge in [0.25, 0.3) is 0 Å². The summed E-state index contributed by atoms with van der Waals surface area (Å²) < 4.78 is 26.8. The summed E-state index contributed by atoms with van der Waals surface area (Å²) in [6.45, 7) is 0.246. The van der Waals surface area contributed by atoms with Crippen LogP contribution in [0.4, 0.5) is 20.5 Å². The zero-order valence-electron chi connectivity index (χ0n) is 15.3. The molecule has 144 valence electrons. The minimum Gasteiger partial charge on any atom is -0.366 e. The van der Waals surface area contributed by atoms with Gasteiger partial charge in [0.05, 0.1) is 11.4 Å². The lowest BCUT2D eigenvalue weighted by atomic mass is 10.2. The monoisotopic (exact) mass is 381 g/mol. The third-order valence-corrected chi connectivity index (χ3v) is 4.74. The number of hydrogen-bond acceptors (Lipinski definition) is 5. The van der Waals surface area contributed by atoms with Crippen molar-refractivity contribution in [2.45, 2.75) is 38.3 Å². The fourth-order valence-corrected chi connectivity index (χ4v) is 3.41. The van der Waals surface area contributed by atoms with E-state index in [1.807, 2.05) is 18.2 Å². The van der Waals surface area contributed by atoms with Gasteiger partial charge in [-0.1, -0.05) is 18.9 Å². The SMILES string of the molecule is Fc1cc(F)cc(CNc2cc(-c3ccccn3)nc(NC3CCCC3)n2)c1. The van der Waals surface area contributed by atoms with Crippen LogP contribution in [0.2, 0.25) is 0 Å². The number of nitrogens with one attached hydrogen (secondary N) is 2. The molecule has 0 aliphatic heterocycles. The number of hydrogen-bond donors (Lipinski definition) is 2. The third kappa shape index (κ3) is 4.60. The number of benzene rings is 1. The summed E-state index contributed by atoms with van der Waals surface area (Å²) in [6.07, 6.45) is 6.32. The van der Waals surface area contributed by atoms with Crippen LogP contribution in [0.3, 0.4) is 0 Å². The van der Waals surface area contributed by atoms with Gasteiger partial charge in [0, 0.05) is 30.9 Å². The summed E-state index contributed by atoms with van der Waals surface area (Å²) in [5.74, 6) is -0.0988. The summed E-state index contributed by atoms with van der Waals surface area (Å²) in [6, 6.07) is 11.2. The molecule has 2 aromatic heterocycles. The van der Waals surface area contributed by atoms with E-state index < -0.39 is 11.6 Å². The van der Waals surface area contributed by atoms with Crippen molar-refractivity contribution in [3.05, 3.63) is 65.9 Å². The number of aromatic nitrogens is 3. The average Bonchev–Trinajstić information content (AvgIpc) is 3.19. The third-order valence-electron chi connectivity index (χ3n) is 4.74. The van der Waals surface area contributed by atoms with Crippen LogP contribution >= 0.6 is 0 Å². The van der Waals surface area contributed by atoms with Gasteiger partial charge >= 0.3 is 0 Å². The summed E-state index contributed by atoms with van der Waals surface area (Å²) in [5, 5.41) is 6.54. The van der Waals surface area contributed by atoms with Crippen molar-refractivity contribution >= 4 is 11.8 Å². The average molecular weight is 381 g/mol. The van der Waals surface area contributed by atoms with Gasteiger partial charge in [0.15, 0.2) is 0 Å². The highest BCUT2D eigenvalue weighted by molar-refractivity contribution is 5.61. The molecule has 0 atom stereocenters. The summed E-state index contributed by atoms with van der Waals surface area (Å²) in [4.78, 5) is 13.5. The first-order valence-corrected chi connectivity index (χ1v) is 9.41. The maximum atomic E-state index is 13.4. The van der Waals surface area contributed by atoms with Crippen molar-refractivity contribution in [1.29, 1.82) is 0 Å². The Kier molecular flexibility index (Phi) is 5.41. The maximum Gasteiger partial charge on any atom is 0.225 e. The second-order valence-corrected chi connectivity index (χ2v) is 6.93. The molecule has 0 saturated heterocycles. The molecule has 0 unspecified atom stereocenters. The van der Waals surface area contributed by atoms with Gasteiger partial charge in [-0.05, 0) is 42.7 Å². The molecule has 2 heterocycles. The molecule has 4 rings (SSSR count). The fourth-order valence-electron chi connectivity index (χ4n) is 3.41. The maximum absolute atomic E-state index is 13.4. The molecule has 0 radical (unpaired) electrons. The largest absolute Gasteiger partial charge is 0.366 e. The van der Waals surface area contributed by atoms with Crippen molar-refractivity contribution in [3.63, 3.8) is 0 Å².